The van der Waals surface area contributed by atoms with E-state index in [1.54, 1.807) is 0 Å². The fourth-order valence-electron chi connectivity index (χ4n) is 3.08. The van der Waals surface area contributed by atoms with Crippen LogP contribution in [0.3, 0.4) is 0 Å². The van der Waals surface area contributed by atoms with E-state index in [2.05, 4.69) is 10.3 Å². The second-order valence-electron chi connectivity index (χ2n) is 6.58. The van der Waals surface area contributed by atoms with E-state index < -0.39 is 11.7 Å². The first-order valence-electron chi connectivity index (χ1n) is 8.61. The maximum atomic E-state index is 12.7. The highest BCUT2D eigenvalue weighted by Crippen LogP contribution is 2.32. The molecule has 3 rings (SSSR count). The van der Waals surface area contributed by atoms with Crippen molar-refractivity contribution in [1.82, 2.24) is 9.88 Å². The lowest BCUT2D eigenvalue weighted by atomic mass is 10.1. The summed E-state index contributed by atoms with van der Waals surface area (Å²) < 4.78 is 38.0. The van der Waals surface area contributed by atoms with Crippen LogP contribution in [0, 0.1) is 5.92 Å². The van der Waals surface area contributed by atoms with Crippen molar-refractivity contribution in [1.29, 1.82) is 0 Å². The number of aromatic nitrogens is 1. The number of hydrogen-bond acceptors (Lipinski definition) is 3. The maximum absolute atomic E-state index is 12.7. The molecule has 0 aliphatic carbocycles. The summed E-state index contributed by atoms with van der Waals surface area (Å²) in [4.78, 5) is 17.7. The van der Waals surface area contributed by atoms with Crippen LogP contribution in [0.15, 0.2) is 42.6 Å². The molecular weight excluding hydrogens is 379 g/mol. The Balaban J connectivity index is 1.51. The van der Waals surface area contributed by atoms with Crippen molar-refractivity contribution in [3.63, 3.8) is 0 Å². The quantitative estimate of drug-likeness (QED) is 0.792. The molecule has 0 radical (unpaired) electrons. The van der Waals surface area contributed by atoms with Crippen LogP contribution in [-0.4, -0.2) is 35.4 Å². The van der Waals surface area contributed by atoms with Gasteiger partial charge in [0.15, 0.2) is 0 Å². The summed E-state index contributed by atoms with van der Waals surface area (Å²) in [6.07, 6.45) is -2.54. The van der Waals surface area contributed by atoms with Gasteiger partial charge < -0.3 is 10.2 Å². The molecule has 0 bridgehead atoms. The van der Waals surface area contributed by atoms with Gasteiger partial charge in [-0.25, -0.2) is 4.98 Å². The number of likely N-dealkylation sites (tertiary alicyclic amines) is 1. The monoisotopic (exact) mass is 397 g/mol. The topological polar surface area (TPSA) is 45.2 Å². The zero-order valence-electron chi connectivity index (χ0n) is 14.5. The molecule has 27 heavy (non-hydrogen) atoms. The van der Waals surface area contributed by atoms with Crippen molar-refractivity contribution in [3.05, 3.63) is 58.7 Å². The number of alkyl halides is 3. The largest absolute Gasteiger partial charge is 0.417 e. The Morgan fingerprint density at radius 3 is 2.67 bits per heavy atom. The van der Waals surface area contributed by atoms with Gasteiger partial charge in [-0.3, -0.25) is 4.79 Å². The van der Waals surface area contributed by atoms with Gasteiger partial charge in [-0.1, -0.05) is 41.9 Å². The number of nitrogens with zero attached hydrogens (tertiary/aromatic N) is 2. The van der Waals surface area contributed by atoms with E-state index in [9.17, 15) is 18.0 Å². The highest BCUT2D eigenvalue weighted by atomic mass is 35.5. The van der Waals surface area contributed by atoms with E-state index >= 15 is 0 Å². The number of nitrogens with one attached hydrogen (secondary N) is 1. The maximum Gasteiger partial charge on any atom is 0.417 e. The van der Waals surface area contributed by atoms with E-state index in [1.807, 2.05) is 35.2 Å². The van der Waals surface area contributed by atoms with Gasteiger partial charge in [0.2, 0.25) is 5.91 Å². The summed E-state index contributed by atoms with van der Waals surface area (Å²) in [5.41, 5.74) is 0.286. The van der Waals surface area contributed by atoms with E-state index in [4.69, 9.17) is 11.6 Å². The van der Waals surface area contributed by atoms with E-state index in [1.165, 1.54) is 5.56 Å². The third-order valence-electron chi connectivity index (χ3n) is 4.53. The molecule has 0 saturated carbocycles. The van der Waals surface area contributed by atoms with Crippen molar-refractivity contribution >= 4 is 23.3 Å². The first-order valence-corrected chi connectivity index (χ1v) is 8.99. The Morgan fingerprint density at radius 2 is 2.00 bits per heavy atom. The highest BCUT2D eigenvalue weighted by Gasteiger charge is 2.32. The number of amides is 1. The van der Waals surface area contributed by atoms with E-state index in [0.717, 1.165) is 18.7 Å². The molecule has 1 atom stereocenters. The van der Waals surface area contributed by atoms with Crippen molar-refractivity contribution in [2.24, 2.45) is 5.92 Å². The summed E-state index contributed by atoms with van der Waals surface area (Å²) in [5, 5.41) is 2.87. The Bertz CT molecular complexity index is 799. The van der Waals surface area contributed by atoms with Gasteiger partial charge >= 0.3 is 6.18 Å². The normalized spacial score (nSPS) is 17.4. The molecule has 2 aromatic rings. The summed E-state index contributed by atoms with van der Waals surface area (Å²) in [6, 6.07) is 10.8. The minimum Gasteiger partial charge on any atom is -0.368 e. The molecular formula is C19H19ClF3N3O. The standard InChI is InChI=1S/C19H19ClF3N3O/c20-16-9-15(19(21,22)23)11-25-18(16)24-10-14-8-17(27)26(12-14)7-6-13-4-2-1-3-5-13/h1-5,9,11,14H,6-8,10,12H2,(H,24,25). The van der Waals surface area contributed by atoms with Gasteiger partial charge in [-0.2, -0.15) is 13.2 Å². The lowest BCUT2D eigenvalue weighted by Gasteiger charge is -2.17. The van der Waals surface area contributed by atoms with Gasteiger partial charge in [0.05, 0.1) is 10.6 Å². The third-order valence-corrected chi connectivity index (χ3v) is 4.82. The number of halogens is 4. The van der Waals surface area contributed by atoms with Crippen LogP contribution >= 0.6 is 11.6 Å². The Hall–Kier alpha value is -2.28. The molecule has 1 aromatic carbocycles. The summed E-state index contributed by atoms with van der Waals surface area (Å²) >= 11 is 5.89. The smallest absolute Gasteiger partial charge is 0.368 e. The molecule has 1 N–H and O–H groups in total. The predicted octanol–water partition coefficient (Wildman–Crippen LogP) is 4.26. The van der Waals surface area contributed by atoms with E-state index in [0.29, 0.717) is 26.1 Å². The van der Waals surface area contributed by atoms with Crippen LogP contribution in [-0.2, 0) is 17.4 Å². The third kappa shape index (κ3) is 5.13. The molecule has 144 valence electrons. The van der Waals surface area contributed by atoms with Crippen LogP contribution in [0.1, 0.15) is 17.5 Å². The molecule has 1 fully saturated rings. The van der Waals surface area contributed by atoms with Crippen LogP contribution in [0.4, 0.5) is 19.0 Å². The van der Waals surface area contributed by atoms with Crippen molar-refractivity contribution < 1.29 is 18.0 Å². The Labute approximate surface area is 160 Å². The molecule has 1 aliphatic rings. The van der Waals surface area contributed by atoms with Gasteiger partial charge in [0.25, 0.3) is 0 Å². The van der Waals surface area contributed by atoms with Crippen molar-refractivity contribution in [3.8, 4) is 0 Å². The zero-order chi connectivity index (χ0) is 19.4. The minimum absolute atomic E-state index is 0.0634. The van der Waals surface area contributed by atoms with Crippen LogP contribution < -0.4 is 5.32 Å². The van der Waals surface area contributed by atoms with Crippen LogP contribution in [0.5, 0.6) is 0 Å². The number of rotatable bonds is 6. The van der Waals surface area contributed by atoms with Gasteiger partial charge in [0.1, 0.15) is 5.82 Å². The SMILES string of the molecule is O=C1CC(CNc2ncc(C(F)(F)F)cc2Cl)CN1CCc1ccccc1. The Kier molecular flexibility index (Phi) is 5.89. The molecule has 8 heteroatoms. The van der Waals surface area contributed by atoms with Crippen molar-refractivity contribution in [2.45, 2.75) is 19.0 Å². The molecule has 4 nitrogen and oxygen atoms in total. The first kappa shape index (κ1) is 19.5. The second-order valence-corrected chi connectivity index (χ2v) is 6.99. The summed E-state index contributed by atoms with van der Waals surface area (Å²) in [5.74, 6) is 0.345. The van der Waals surface area contributed by atoms with Crippen molar-refractivity contribution in [2.75, 3.05) is 25.0 Å². The average Bonchev–Trinajstić information content (AvgIpc) is 2.99. The zero-order valence-corrected chi connectivity index (χ0v) is 15.2. The second kappa shape index (κ2) is 8.17. The lowest BCUT2D eigenvalue weighted by Crippen LogP contribution is -2.28. The molecule has 1 amide bonds. The fourth-order valence-corrected chi connectivity index (χ4v) is 3.31. The highest BCUT2D eigenvalue weighted by molar-refractivity contribution is 6.32. The number of hydrogen-bond donors (Lipinski definition) is 1. The summed E-state index contributed by atoms with van der Waals surface area (Å²) in [6.45, 7) is 1.68. The predicted molar refractivity (Wildman–Crippen MR) is 97.6 cm³/mol. The lowest BCUT2D eigenvalue weighted by molar-refractivity contribution is -0.137. The minimum atomic E-state index is -4.48. The molecule has 0 spiro atoms. The summed E-state index contributed by atoms with van der Waals surface area (Å²) in [7, 11) is 0. The average molecular weight is 398 g/mol. The number of anilines is 1. The van der Waals surface area contributed by atoms with Gasteiger partial charge in [0, 0.05) is 38.2 Å². The number of pyridine rings is 1. The molecule has 1 aromatic heterocycles. The molecule has 1 aliphatic heterocycles. The van der Waals surface area contributed by atoms with Gasteiger partial charge in [-0.05, 0) is 18.1 Å². The van der Waals surface area contributed by atoms with Crippen LogP contribution in [0.25, 0.3) is 0 Å². The molecule has 1 unspecified atom stereocenters. The number of benzene rings is 1. The number of carbonyl (C=O) groups excluding carboxylic acids is 1. The van der Waals surface area contributed by atoms with E-state index in [-0.39, 0.29) is 22.7 Å². The van der Waals surface area contributed by atoms with Gasteiger partial charge in [-0.15, -0.1) is 0 Å². The fraction of sp³-hybridized carbons (Fsp3) is 0.368. The Morgan fingerprint density at radius 1 is 1.26 bits per heavy atom. The molecule has 2 heterocycles. The first-order chi connectivity index (χ1) is 12.8. The molecule has 1 saturated heterocycles. The number of carbonyl (C=O) groups is 1. The van der Waals surface area contributed by atoms with Crippen LogP contribution in [0.2, 0.25) is 5.02 Å².